The molecule has 5 nitrogen and oxygen atoms in total. The van der Waals surface area contributed by atoms with Crippen LogP contribution in [0.2, 0.25) is 0 Å². The van der Waals surface area contributed by atoms with Gasteiger partial charge in [-0.3, -0.25) is 0 Å². The normalized spacial score (nSPS) is 12.2. The summed E-state index contributed by atoms with van der Waals surface area (Å²) in [6.07, 6.45) is 0.425. The zero-order valence-corrected chi connectivity index (χ0v) is 7.82. The molecule has 0 heterocycles. The zero-order valence-electron chi connectivity index (χ0n) is 7.82. The summed E-state index contributed by atoms with van der Waals surface area (Å²) in [5, 5.41) is 9.84. The van der Waals surface area contributed by atoms with Gasteiger partial charge >= 0.3 is 5.97 Å². The minimum Gasteiger partial charge on any atom is -0.363 e. The van der Waals surface area contributed by atoms with E-state index in [-0.39, 0.29) is 12.5 Å². The second-order valence-corrected chi connectivity index (χ2v) is 2.65. The van der Waals surface area contributed by atoms with E-state index in [1.807, 2.05) is 0 Å². The molecule has 1 N–H and O–H groups in total. The molecule has 5 heteroatoms. The minimum atomic E-state index is -0.761. The Hall–Kier alpha value is -1.23. The highest BCUT2D eigenvalue weighted by atomic mass is 16.7. The minimum absolute atomic E-state index is 0.0951. The van der Waals surface area contributed by atoms with Crippen LogP contribution in [0.4, 0.5) is 0 Å². The monoisotopic (exact) mass is 186 g/mol. The second-order valence-electron chi connectivity index (χ2n) is 2.65. The molecule has 0 saturated heterocycles. The largest absolute Gasteiger partial charge is 0.363 e. The molecule has 13 heavy (non-hydrogen) atoms. The smallest absolute Gasteiger partial charge is 0.363 e. The highest BCUT2D eigenvalue weighted by Crippen LogP contribution is 2.04. The topological polar surface area (TPSA) is 71.7 Å². The Morgan fingerprint density at radius 1 is 1.69 bits per heavy atom. The molecule has 0 saturated carbocycles. The van der Waals surface area contributed by atoms with Crippen molar-refractivity contribution in [2.24, 2.45) is 5.16 Å². The first-order chi connectivity index (χ1) is 6.11. The summed E-state index contributed by atoms with van der Waals surface area (Å²) in [4.78, 5) is 15.4. The zero-order chi connectivity index (χ0) is 10.3. The maximum atomic E-state index is 11.1. The standard InChI is InChI=1S/C8H14N2O3/c1-6(2)12-7(4-5-9)8(11)13-10-3/h5-7,9H,3-4H2,1-2H3. The van der Waals surface area contributed by atoms with E-state index in [0.717, 1.165) is 6.21 Å². The van der Waals surface area contributed by atoms with Gasteiger partial charge in [0, 0.05) is 13.1 Å². The SMILES string of the molecule is C=NOC(=O)C(CC=N)OC(C)C. The number of nitrogens with one attached hydrogen (secondary N) is 1. The van der Waals surface area contributed by atoms with Crippen LogP contribution in [-0.4, -0.2) is 31.1 Å². The number of oxime groups is 1. The molecule has 0 fully saturated rings. The van der Waals surface area contributed by atoms with Gasteiger partial charge in [0.2, 0.25) is 0 Å². The van der Waals surface area contributed by atoms with Crippen molar-refractivity contribution < 1.29 is 14.4 Å². The van der Waals surface area contributed by atoms with E-state index in [0.29, 0.717) is 0 Å². The Labute approximate surface area is 77.2 Å². The van der Waals surface area contributed by atoms with Crippen LogP contribution in [0.25, 0.3) is 0 Å². The van der Waals surface area contributed by atoms with Gasteiger partial charge in [0.1, 0.15) is 0 Å². The number of hydrogen-bond acceptors (Lipinski definition) is 5. The molecule has 0 aliphatic rings. The van der Waals surface area contributed by atoms with Gasteiger partial charge in [0.15, 0.2) is 6.10 Å². The molecule has 0 aliphatic heterocycles. The quantitative estimate of drug-likeness (QED) is 0.382. The Morgan fingerprint density at radius 2 is 2.31 bits per heavy atom. The number of rotatable bonds is 6. The van der Waals surface area contributed by atoms with Gasteiger partial charge in [-0.1, -0.05) is 5.16 Å². The summed E-state index contributed by atoms with van der Waals surface area (Å²) in [7, 11) is 0. The molecular formula is C8H14N2O3. The van der Waals surface area contributed by atoms with Gasteiger partial charge in [-0.2, -0.15) is 0 Å². The van der Waals surface area contributed by atoms with Crippen LogP contribution in [0.5, 0.6) is 0 Å². The molecule has 0 amide bonds. The molecule has 0 aliphatic carbocycles. The van der Waals surface area contributed by atoms with E-state index < -0.39 is 12.1 Å². The first kappa shape index (κ1) is 11.8. The number of nitrogens with zero attached hydrogens (tertiary/aromatic N) is 1. The lowest BCUT2D eigenvalue weighted by Gasteiger charge is -2.15. The molecule has 0 rings (SSSR count). The van der Waals surface area contributed by atoms with E-state index in [2.05, 4.69) is 16.7 Å². The summed E-state index contributed by atoms with van der Waals surface area (Å²) in [5.74, 6) is -0.618. The van der Waals surface area contributed by atoms with Crippen molar-refractivity contribution in [1.82, 2.24) is 0 Å². The fraction of sp³-hybridized carbons (Fsp3) is 0.625. The third-order valence-electron chi connectivity index (χ3n) is 1.19. The van der Waals surface area contributed by atoms with Crippen LogP contribution in [0.1, 0.15) is 20.3 Å². The van der Waals surface area contributed by atoms with Crippen LogP contribution in [0, 0.1) is 5.41 Å². The molecule has 74 valence electrons. The first-order valence-electron chi connectivity index (χ1n) is 3.93. The average Bonchev–Trinajstić information content (AvgIpc) is 2.03. The van der Waals surface area contributed by atoms with Crippen molar-refractivity contribution in [3.8, 4) is 0 Å². The molecule has 0 bridgehead atoms. The van der Waals surface area contributed by atoms with Crippen molar-refractivity contribution in [3.05, 3.63) is 0 Å². The van der Waals surface area contributed by atoms with Crippen molar-refractivity contribution >= 4 is 18.9 Å². The molecule has 0 aromatic rings. The molecule has 0 aromatic heterocycles. The number of carbonyl (C=O) groups excluding carboxylic acids is 1. The lowest BCUT2D eigenvalue weighted by atomic mass is 10.2. The van der Waals surface area contributed by atoms with Crippen molar-refractivity contribution in [2.75, 3.05) is 0 Å². The van der Waals surface area contributed by atoms with Gasteiger partial charge in [0.05, 0.1) is 6.10 Å². The van der Waals surface area contributed by atoms with Crippen LogP contribution in [-0.2, 0) is 14.4 Å². The Morgan fingerprint density at radius 3 is 2.69 bits per heavy atom. The van der Waals surface area contributed by atoms with Gasteiger partial charge < -0.3 is 15.0 Å². The summed E-state index contributed by atoms with van der Waals surface area (Å²) in [6.45, 7) is 6.61. The highest BCUT2D eigenvalue weighted by Gasteiger charge is 2.21. The highest BCUT2D eigenvalue weighted by molar-refractivity contribution is 5.78. The first-order valence-corrected chi connectivity index (χ1v) is 3.93. The van der Waals surface area contributed by atoms with E-state index in [1.54, 1.807) is 13.8 Å². The fourth-order valence-corrected chi connectivity index (χ4v) is 0.765. The maximum absolute atomic E-state index is 11.1. The number of ether oxygens (including phenoxy) is 1. The summed E-state index contributed by atoms with van der Waals surface area (Å²) in [6, 6.07) is 0. The summed E-state index contributed by atoms with van der Waals surface area (Å²) < 4.78 is 5.19. The van der Waals surface area contributed by atoms with Crippen LogP contribution >= 0.6 is 0 Å². The van der Waals surface area contributed by atoms with Gasteiger partial charge in [-0.25, -0.2) is 4.79 Å². The number of carbonyl (C=O) groups is 1. The van der Waals surface area contributed by atoms with Crippen LogP contribution in [0.15, 0.2) is 5.16 Å². The molecular weight excluding hydrogens is 172 g/mol. The molecule has 1 atom stereocenters. The van der Waals surface area contributed by atoms with E-state index in [4.69, 9.17) is 10.1 Å². The van der Waals surface area contributed by atoms with E-state index >= 15 is 0 Å². The Balaban J connectivity index is 4.13. The van der Waals surface area contributed by atoms with Crippen molar-refractivity contribution in [1.29, 1.82) is 5.41 Å². The van der Waals surface area contributed by atoms with Gasteiger partial charge in [-0.05, 0) is 20.1 Å². The van der Waals surface area contributed by atoms with E-state index in [1.165, 1.54) is 0 Å². The lowest BCUT2D eigenvalue weighted by Crippen LogP contribution is -2.28. The fourth-order valence-electron chi connectivity index (χ4n) is 0.765. The summed E-state index contributed by atoms with van der Waals surface area (Å²) in [5.41, 5.74) is 0. The van der Waals surface area contributed by atoms with Gasteiger partial charge in [0.25, 0.3) is 0 Å². The average molecular weight is 186 g/mol. The Kier molecular flexibility index (Phi) is 5.71. The predicted octanol–water partition coefficient (Wildman–Crippen LogP) is 0.978. The van der Waals surface area contributed by atoms with Crippen molar-refractivity contribution in [2.45, 2.75) is 32.5 Å². The summed E-state index contributed by atoms with van der Waals surface area (Å²) >= 11 is 0. The van der Waals surface area contributed by atoms with Gasteiger partial charge in [-0.15, -0.1) is 0 Å². The van der Waals surface area contributed by atoms with Crippen LogP contribution < -0.4 is 0 Å². The molecule has 1 unspecified atom stereocenters. The Bertz CT molecular complexity index is 192. The molecule has 0 spiro atoms. The predicted molar refractivity (Wildman–Crippen MR) is 49.1 cm³/mol. The van der Waals surface area contributed by atoms with Crippen molar-refractivity contribution in [3.63, 3.8) is 0 Å². The third kappa shape index (κ3) is 5.08. The molecule has 0 radical (unpaired) electrons. The van der Waals surface area contributed by atoms with E-state index in [9.17, 15) is 4.79 Å². The third-order valence-corrected chi connectivity index (χ3v) is 1.19. The van der Waals surface area contributed by atoms with Crippen LogP contribution in [0.3, 0.4) is 0 Å². The second kappa shape index (κ2) is 6.30. The lowest BCUT2D eigenvalue weighted by molar-refractivity contribution is -0.159. The maximum Gasteiger partial charge on any atom is 0.363 e. The number of hydrogen-bond donors (Lipinski definition) is 1. The molecule has 0 aromatic carbocycles.